The first-order chi connectivity index (χ1) is 9.60. The molecule has 4 rings (SSSR count). The first-order valence-corrected chi connectivity index (χ1v) is 7.75. The Balaban J connectivity index is 2.10. The van der Waals surface area contributed by atoms with Gasteiger partial charge in [0.15, 0.2) is 5.70 Å². The van der Waals surface area contributed by atoms with Gasteiger partial charge >= 0.3 is 6.97 Å². The van der Waals surface area contributed by atoms with Crippen molar-refractivity contribution in [1.82, 2.24) is 4.48 Å². The SMILES string of the molecule is F[B-]1(F)n2cccc2C(c2sccc2Br)=C2C=CC=[N+]21. The van der Waals surface area contributed by atoms with E-state index in [9.17, 15) is 8.63 Å². The van der Waals surface area contributed by atoms with Crippen LogP contribution in [0, 0.1) is 0 Å². The Morgan fingerprint density at radius 1 is 1.30 bits per heavy atom. The molecule has 2 aliphatic rings. The summed E-state index contributed by atoms with van der Waals surface area (Å²) in [4.78, 5) is 0.969. The maximum absolute atomic E-state index is 14.5. The molecule has 2 aliphatic heterocycles. The highest BCUT2D eigenvalue weighted by Gasteiger charge is 2.51. The van der Waals surface area contributed by atoms with E-state index in [4.69, 9.17) is 0 Å². The summed E-state index contributed by atoms with van der Waals surface area (Å²) < 4.78 is 32.2. The van der Waals surface area contributed by atoms with Crippen molar-refractivity contribution >= 4 is 46.0 Å². The van der Waals surface area contributed by atoms with Gasteiger partial charge in [-0.2, -0.15) is 0 Å². The van der Waals surface area contributed by atoms with Crippen molar-refractivity contribution in [3.05, 3.63) is 62.7 Å². The highest BCUT2D eigenvalue weighted by molar-refractivity contribution is 9.10. The molecule has 0 spiro atoms. The lowest BCUT2D eigenvalue weighted by Crippen LogP contribution is -2.49. The van der Waals surface area contributed by atoms with E-state index in [1.807, 2.05) is 11.4 Å². The van der Waals surface area contributed by atoms with Crippen LogP contribution in [0.2, 0.25) is 0 Å². The molecule has 20 heavy (non-hydrogen) atoms. The van der Waals surface area contributed by atoms with Crippen LogP contribution in [-0.4, -0.2) is 22.1 Å². The van der Waals surface area contributed by atoms with Crippen LogP contribution in [-0.2, 0) is 0 Å². The van der Waals surface area contributed by atoms with Crippen LogP contribution in [0.4, 0.5) is 8.63 Å². The molecule has 0 radical (unpaired) electrons. The number of nitrogens with zero attached hydrogens (tertiary/aromatic N) is 2. The Bertz CT molecular complexity index is 816. The Labute approximate surface area is 126 Å². The zero-order chi connectivity index (χ0) is 13.9. The van der Waals surface area contributed by atoms with Crippen molar-refractivity contribution < 1.29 is 13.1 Å². The molecule has 2 aromatic heterocycles. The van der Waals surface area contributed by atoms with Crippen LogP contribution >= 0.6 is 27.3 Å². The summed E-state index contributed by atoms with van der Waals surface area (Å²) in [6.45, 7) is -3.81. The Morgan fingerprint density at radius 2 is 2.15 bits per heavy atom. The fourth-order valence-electron chi connectivity index (χ4n) is 2.72. The predicted molar refractivity (Wildman–Crippen MR) is 81.3 cm³/mol. The van der Waals surface area contributed by atoms with E-state index in [1.54, 1.807) is 35.6 Å². The zero-order valence-corrected chi connectivity index (χ0v) is 12.5. The Kier molecular flexibility index (Phi) is 2.47. The molecule has 0 bridgehead atoms. The Morgan fingerprint density at radius 3 is 2.90 bits per heavy atom. The van der Waals surface area contributed by atoms with Gasteiger partial charge in [-0.05, 0) is 45.7 Å². The maximum atomic E-state index is 14.5. The topological polar surface area (TPSA) is 7.94 Å². The van der Waals surface area contributed by atoms with E-state index in [2.05, 4.69) is 15.9 Å². The smallest absolute Gasteiger partial charge is 0.396 e. The number of fused-ring (bicyclic) bond motifs is 2. The third kappa shape index (κ3) is 1.45. The molecule has 0 saturated carbocycles. The minimum absolute atomic E-state index is 0.560. The summed E-state index contributed by atoms with van der Waals surface area (Å²) in [5, 5.41) is 1.95. The fourth-order valence-corrected chi connectivity index (χ4v) is 4.36. The molecule has 0 amide bonds. The van der Waals surface area contributed by atoms with Crippen molar-refractivity contribution in [3.8, 4) is 0 Å². The van der Waals surface area contributed by atoms with Gasteiger partial charge in [0.25, 0.3) is 0 Å². The molecule has 0 saturated heterocycles. The predicted octanol–water partition coefficient (Wildman–Crippen LogP) is 3.96. The number of thiophene rings is 1. The molecule has 7 heteroatoms. The van der Waals surface area contributed by atoms with E-state index < -0.39 is 6.97 Å². The molecule has 0 fully saturated rings. The number of hydrogen-bond acceptors (Lipinski definition) is 1. The highest BCUT2D eigenvalue weighted by atomic mass is 79.9. The fraction of sp³-hybridized carbons (Fsp3) is 0. The summed E-state index contributed by atoms with van der Waals surface area (Å²) in [7, 11) is 0. The second kappa shape index (κ2) is 4.02. The third-order valence-corrected chi connectivity index (χ3v) is 5.44. The number of halogens is 3. The quantitative estimate of drug-likeness (QED) is 0.686. The summed E-state index contributed by atoms with van der Waals surface area (Å²) >= 11 is 5.04. The van der Waals surface area contributed by atoms with Crippen LogP contribution in [0.15, 0.2) is 52.1 Å². The lowest BCUT2D eigenvalue weighted by atomic mass is 9.88. The number of aromatic nitrogens is 1. The molecule has 0 unspecified atom stereocenters. The second-order valence-electron chi connectivity index (χ2n) is 4.66. The minimum Gasteiger partial charge on any atom is -0.396 e. The van der Waals surface area contributed by atoms with E-state index in [0.717, 1.165) is 23.9 Å². The lowest BCUT2D eigenvalue weighted by Gasteiger charge is -2.30. The largest absolute Gasteiger partial charge is 0.737 e. The standard InChI is InChI=1S/C13H8BBrF2N2S/c15-9-5-8-20-13(9)12-10-3-1-6-18(10)14(16,17)19-7-2-4-11(12)19/h1-8H. The number of allylic oxidation sites excluding steroid dienone is 2. The Hall–Kier alpha value is -1.47. The van der Waals surface area contributed by atoms with Gasteiger partial charge in [0.2, 0.25) is 0 Å². The van der Waals surface area contributed by atoms with Crippen LogP contribution in [0.1, 0.15) is 10.6 Å². The highest BCUT2D eigenvalue weighted by Crippen LogP contribution is 2.42. The van der Waals surface area contributed by atoms with Gasteiger partial charge in [-0.15, -0.1) is 11.3 Å². The van der Waals surface area contributed by atoms with Gasteiger partial charge in [-0.3, -0.25) is 0 Å². The van der Waals surface area contributed by atoms with Crippen molar-refractivity contribution in [2.75, 3.05) is 0 Å². The lowest BCUT2D eigenvalue weighted by molar-refractivity contribution is -0.356. The molecule has 0 atom stereocenters. The molecule has 0 aliphatic carbocycles. The molecule has 0 N–H and O–H groups in total. The first-order valence-electron chi connectivity index (χ1n) is 6.08. The number of hydrogen-bond donors (Lipinski definition) is 0. The van der Waals surface area contributed by atoms with Gasteiger partial charge in [-0.25, -0.2) is 0 Å². The van der Waals surface area contributed by atoms with E-state index in [0.29, 0.717) is 11.4 Å². The number of rotatable bonds is 1. The van der Waals surface area contributed by atoms with Gasteiger partial charge in [0.1, 0.15) is 6.21 Å². The molecule has 4 heterocycles. The van der Waals surface area contributed by atoms with Crippen LogP contribution in [0.25, 0.3) is 5.57 Å². The molecule has 2 nitrogen and oxygen atoms in total. The summed E-state index contributed by atoms with van der Waals surface area (Å²) in [6, 6.07) is 5.35. The van der Waals surface area contributed by atoms with Crippen LogP contribution in [0.3, 0.4) is 0 Å². The molecule has 0 aromatic carbocycles. The van der Waals surface area contributed by atoms with Crippen molar-refractivity contribution in [2.45, 2.75) is 0 Å². The van der Waals surface area contributed by atoms with Gasteiger partial charge < -0.3 is 17.6 Å². The molecule has 100 valence electrons. The normalized spacial score (nSPS) is 19.1. The average Bonchev–Trinajstić information content (AvgIpc) is 3.11. The average molecular weight is 353 g/mol. The van der Waals surface area contributed by atoms with E-state index >= 15 is 0 Å². The summed E-state index contributed by atoms with van der Waals surface area (Å²) in [5.74, 6) is 0. The molecule has 2 aromatic rings. The van der Waals surface area contributed by atoms with E-state index in [-0.39, 0.29) is 0 Å². The van der Waals surface area contributed by atoms with Crippen LogP contribution in [0.5, 0.6) is 0 Å². The minimum atomic E-state index is -3.81. The van der Waals surface area contributed by atoms with Gasteiger partial charge in [-0.1, -0.05) is 0 Å². The van der Waals surface area contributed by atoms with Gasteiger partial charge in [0, 0.05) is 22.3 Å². The second-order valence-corrected chi connectivity index (χ2v) is 6.43. The van der Waals surface area contributed by atoms with Crippen molar-refractivity contribution in [2.24, 2.45) is 0 Å². The zero-order valence-electron chi connectivity index (χ0n) is 10.1. The maximum Gasteiger partial charge on any atom is 0.737 e. The summed E-state index contributed by atoms with van der Waals surface area (Å²) in [5.41, 5.74) is 1.96. The molecular formula is C13H8BBrF2N2S. The van der Waals surface area contributed by atoms with Gasteiger partial charge in [0.05, 0.1) is 10.5 Å². The van der Waals surface area contributed by atoms with Crippen molar-refractivity contribution in [3.63, 3.8) is 0 Å². The summed E-state index contributed by atoms with van der Waals surface area (Å²) in [6.07, 6.45) is 6.30. The van der Waals surface area contributed by atoms with Crippen LogP contribution < -0.4 is 0 Å². The molecular weight excluding hydrogens is 345 g/mol. The third-order valence-electron chi connectivity index (χ3n) is 3.58. The monoisotopic (exact) mass is 352 g/mol. The first kappa shape index (κ1) is 12.3. The van der Waals surface area contributed by atoms with Crippen molar-refractivity contribution in [1.29, 1.82) is 0 Å². The van der Waals surface area contributed by atoms with E-state index in [1.165, 1.54) is 12.4 Å².